The summed E-state index contributed by atoms with van der Waals surface area (Å²) in [5, 5.41) is 10.7. The first-order valence-corrected chi connectivity index (χ1v) is 44.4. The number of allylic oxidation sites excluding steroid dienone is 22. The maximum absolute atomic E-state index is 13.1. The molecule has 0 radical (unpaired) electrons. The SMILES string of the molecule is CC/C=C\C/C=C\C/C=C\C/C=C\CCCCCCCCC(=O)OCC(COP(=O)(O)OCC(O)COP(=O)(O)OCC(COC(=O)CCCCCCC/C=C\C/C=C\C/C=C\CC)OC(=O)CCCCCCCCCCCCCCC)OC(=O)CCCCCCCC/C=C\C/C=C\C/C=C\C/C=C\CC. The molecule has 3 N–H and O–H groups in total. The summed E-state index contributed by atoms with van der Waals surface area (Å²) in [6.07, 6.45) is 88.4. The molecule has 0 heterocycles. The van der Waals surface area contributed by atoms with Crippen LogP contribution in [0.4, 0.5) is 0 Å². The Hall–Kier alpha value is -4.80. The molecular weight excluding hydrogens is 1380 g/mol. The van der Waals surface area contributed by atoms with Gasteiger partial charge in [0.1, 0.15) is 19.3 Å². The Balaban J connectivity index is 5.39. The lowest BCUT2D eigenvalue weighted by Crippen LogP contribution is -2.30. The van der Waals surface area contributed by atoms with Crippen LogP contribution < -0.4 is 0 Å². The predicted molar refractivity (Wildman–Crippen MR) is 436 cm³/mol. The molecule has 0 aromatic rings. The summed E-state index contributed by atoms with van der Waals surface area (Å²) < 4.78 is 68.7. The smallest absolute Gasteiger partial charge is 0.462 e. The maximum Gasteiger partial charge on any atom is 0.472 e. The van der Waals surface area contributed by atoms with Gasteiger partial charge in [-0.05, 0) is 135 Å². The summed E-state index contributed by atoms with van der Waals surface area (Å²) in [4.78, 5) is 73.2. The predicted octanol–water partition coefficient (Wildman–Crippen LogP) is 24.4. The molecule has 608 valence electrons. The standard InChI is InChI=1S/C87H148O17P2/c1-5-9-13-17-21-25-29-33-36-38-40-42-45-49-52-56-60-64-68-72-85(90)98-78-83(104-87(92)74-70-66-62-58-54-50-46-43-41-39-37-34-30-26-22-18-14-10-6-2)80-102-106(95,96)100-76-81(88)75-99-105(93,94)101-79-82(103-86(91)73-69-65-61-57-53-47-32-28-24-20-16-12-8-4)77-97-84(89)71-67-63-59-55-51-48-44-35-31-27-23-19-15-11-7-3/h9-11,13-15,21-23,25-27,33-37,40-44,81-83,88H,5-8,12,16-20,24,28-32,38-39,45-80H2,1-4H3,(H,93,94)(H,95,96)/b13-9-,14-10-,15-11-,25-21-,26-22-,27-23-,36-33-,37-34-,42-40-,43-41-,44-35-. The quantitative estimate of drug-likeness (QED) is 0.0169. The number of carbonyl (C=O) groups is 4. The third-order valence-corrected chi connectivity index (χ3v) is 19.0. The van der Waals surface area contributed by atoms with Gasteiger partial charge in [-0.25, -0.2) is 9.13 Å². The van der Waals surface area contributed by atoms with Crippen LogP contribution in [-0.2, 0) is 65.4 Å². The minimum absolute atomic E-state index is 0.0723. The number of unbranched alkanes of at least 4 members (excludes halogenated alkanes) is 29. The average molecular weight is 1530 g/mol. The highest BCUT2D eigenvalue weighted by Gasteiger charge is 2.30. The molecule has 0 aliphatic heterocycles. The first kappa shape index (κ1) is 101. The molecule has 5 atom stereocenters. The summed E-state index contributed by atoms with van der Waals surface area (Å²) in [5.41, 5.74) is 0. The van der Waals surface area contributed by atoms with Crippen LogP contribution >= 0.6 is 15.6 Å². The van der Waals surface area contributed by atoms with Gasteiger partial charge >= 0.3 is 39.5 Å². The number of phosphoric ester groups is 2. The molecule has 0 saturated carbocycles. The van der Waals surface area contributed by atoms with Crippen molar-refractivity contribution in [2.45, 2.75) is 354 Å². The van der Waals surface area contributed by atoms with E-state index < -0.39 is 97.5 Å². The number of ether oxygens (including phenoxy) is 4. The third kappa shape index (κ3) is 77.4. The van der Waals surface area contributed by atoms with Gasteiger partial charge in [0.15, 0.2) is 12.2 Å². The van der Waals surface area contributed by atoms with Crippen molar-refractivity contribution in [3.63, 3.8) is 0 Å². The van der Waals surface area contributed by atoms with Gasteiger partial charge in [-0.2, -0.15) is 0 Å². The van der Waals surface area contributed by atoms with Crippen LogP contribution in [0.5, 0.6) is 0 Å². The van der Waals surface area contributed by atoms with Crippen molar-refractivity contribution in [2.75, 3.05) is 39.6 Å². The molecule has 0 bridgehead atoms. The first-order chi connectivity index (χ1) is 51.7. The normalized spacial score (nSPS) is 14.5. The van der Waals surface area contributed by atoms with E-state index in [-0.39, 0.29) is 25.7 Å². The molecule has 0 spiro atoms. The highest BCUT2D eigenvalue weighted by atomic mass is 31.2. The second-order valence-electron chi connectivity index (χ2n) is 27.3. The number of carbonyl (C=O) groups excluding carboxylic acids is 4. The Morgan fingerprint density at radius 2 is 0.491 bits per heavy atom. The van der Waals surface area contributed by atoms with Crippen LogP contribution in [0.2, 0.25) is 0 Å². The largest absolute Gasteiger partial charge is 0.472 e. The van der Waals surface area contributed by atoms with E-state index in [1.807, 2.05) is 0 Å². The number of rotatable bonds is 77. The Morgan fingerprint density at radius 1 is 0.274 bits per heavy atom. The zero-order valence-corrected chi connectivity index (χ0v) is 68.4. The van der Waals surface area contributed by atoms with Gasteiger partial charge in [0, 0.05) is 25.7 Å². The van der Waals surface area contributed by atoms with Gasteiger partial charge in [-0.1, -0.05) is 309 Å². The zero-order valence-electron chi connectivity index (χ0n) is 66.6. The first-order valence-electron chi connectivity index (χ1n) is 41.4. The van der Waals surface area contributed by atoms with Crippen molar-refractivity contribution in [3.8, 4) is 0 Å². The number of phosphoric acid groups is 2. The molecule has 0 rings (SSSR count). The fourth-order valence-corrected chi connectivity index (χ4v) is 12.5. The Morgan fingerprint density at radius 3 is 0.755 bits per heavy atom. The topological polar surface area (TPSA) is 237 Å². The van der Waals surface area contributed by atoms with Crippen LogP contribution in [0.15, 0.2) is 134 Å². The second kappa shape index (κ2) is 78.3. The molecule has 106 heavy (non-hydrogen) atoms. The molecular formula is C87H148O17P2. The van der Waals surface area contributed by atoms with Crippen LogP contribution in [0.3, 0.4) is 0 Å². The van der Waals surface area contributed by atoms with Gasteiger partial charge < -0.3 is 33.8 Å². The van der Waals surface area contributed by atoms with E-state index in [2.05, 4.69) is 161 Å². The maximum atomic E-state index is 13.1. The molecule has 0 aromatic carbocycles. The molecule has 0 saturated heterocycles. The Kier molecular flexibility index (Phi) is 74.8. The van der Waals surface area contributed by atoms with Gasteiger partial charge in [0.05, 0.1) is 26.4 Å². The van der Waals surface area contributed by atoms with Crippen molar-refractivity contribution in [1.29, 1.82) is 0 Å². The second-order valence-corrected chi connectivity index (χ2v) is 30.2. The van der Waals surface area contributed by atoms with E-state index in [0.717, 1.165) is 205 Å². The number of hydrogen-bond acceptors (Lipinski definition) is 15. The molecule has 0 amide bonds. The van der Waals surface area contributed by atoms with Crippen molar-refractivity contribution < 1.29 is 80.2 Å². The van der Waals surface area contributed by atoms with Crippen molar-refractivity contribution in [1.82, 2.24) is 0 Å². The van der Waals surface area contributed by atoms with E-state index in [0.29, 0.717) is 25.7 Å². The van der Waals surface area contributed by atoms with E-state index in [1.165, 1.54) is 51.4 Å². The lowest BCUT2D eigenvalue weighted by molar-refractivity contribution is -0.161. The van der Waals surface area contributed by atoms with E-state index in [9.17, 15) is 43.2 Å². The fraction of sp³-hybridized carbons (Fsp3) is 0.701. The third-order valence-electron chi connectivity index (χ3n) is 17.1. The highest BCUT2D eigenvalue weighted by Crippen LogP contribution is 2.45. The molecule has 5 unspecified atom stereocenters. The molecule has 0 aliphatic rings. The van der Waals surface area contributed by atoms with Crippen LogP contribution in [-0.4, -0.2) is 96.7 Å². The Labute approximate surface area is 644 Å². The fourth-order valence-electron chi connectivity index (χ4n) is 10.9. The van der Waals surface area contributed by atoms with Crippen molar-refractivity contribution >= 4 is 39.5 Å². The summed E-state index contributed by atoms with van der Waals surface area (Å²) >= 11 is 0. The number of aliphatic hydroxyl groups is 1. The minimum Gasteiger partial charge on any atom is -0.462 e. The minimum atomic E-state index is -4.99. The Bertz CT molecular complexity index is 2530. The molecule has 0 aliphatic carbocycles. The summed E-state index contributed by atoms with van der Waals surface area (Å²) in [7, 11) is -9.97. The molecule has 17 nitrogen and oxygen atoms in total. The van der Waals surface area contributed by atoms with Gasteiger partial charge in [0.25, 0.3) is 0 Å². The summed E-state index contributed by atoms with van der Waals surface area (Å²) in [6, 6.07) is 0. The van der Waals surface area contributed by atoms with Crippen LogP contribution in [0, 0.1) is 0 Å². The molecule has 0 aromatic heterocycles. The van der Waals surface area contributed by atoms with Crippen molar-refractivity contribution in [2.24, 2.45) is 0 Å². The van der Waals surface area contributed by atoms with E-state index in [1.54, 1.807) is 0 Å². The zero-order chi connectivity index (χ0) is 77.4. The molecule has 0 fully saturated rings. The summed E-state index contributed by atoms with van der Waals surface area (Å²) in [5.74, 6) is -2.21. The van der Waals surface area contributed by atoms with Gasteiger partial charge in [-0.15, -0.1) is 0 Å². The lowest BCUT2D eigenvalue weighted by Gasteiger charge is -2.21. The van der Waals surface area contributed by atoms with Crippen LogP contribution in [0.25, 0.3) is 0 Å². The molecule has 19 heteroatoms. The highest BCUT2D eigenvalue weighted by molar-refractivity contribution is 7.47. The van der Waals surface area contributed by atoms with E-state index in [4.69, 9.17) is 37.0 Å². The number of hydrogen-bond donors (Lipinski definition) is 3. The van der Waals surface area contributed by atoms with Gasteiger partial charge in [0.2, 0.25) is 0 Å². The lowest BCUT2D eigenvalue weighted by atomic mass is 10.0. The van der Waals surface area contributed by atoms with Crippen molar-refractivity contribution in [3.05, 3.63) is 134 Å². The summed E-state index contributed by atoms with van der Waals surface area (Å²) in [6.45, 7) is 4.52. The number of aliphatic hydroxyl groups excluding tert-OH is 1. The number of esters is 4. The average Bonchev–Trinajstić information content (AvgIpc) is 0.903. The van der Waals surface area contributed by atoms with Crippen LogP contribution in [0.1, 0.15) is 336 Å². The van der Waals surface area contributed by atoms with Gasteiger partial charge in [-0.3, -0.25) is 37.3 Å². The monoisotopic (exact) mass is 1530 g/mol. The van der Waals surface area contributed by atoms with E-state index >= 15 is 0 Å².